The number of carboxylic acids is 1. The Balaban J connectivity index is 1.80. The molecule has 142 valence electrons. The van der Waals surface area contributed by atoms with Gasteiger partial charge in [0.15, 0.2) is 11.5 Å². The molecule has 3 aromatic carbocycles. The van der Waals surface area contributed by atoms with Crippen LogP contribution >= 0.6 is 22.6 Å². The second-order valence-electron chi connectivity index (χ2n) is 5.90. The number of benzene rings is 3. The van der Waals surface area contributed by atoms with Crippen LogP contribution in [-0.4, -0.2) is 24.4 Å². The van der Waals surface area contributed by atoms with Crippen LogP contribution in [-0.2, 0) is 6.61 Å². The van der Waals surface area contributed by atoms with Gasteiger partial charge >= 0.3 is 5.97 Å². The number of methoxy groups -OCH3 is 1. The Morgan fingerprint density at radius 3 is 2.43 bits per heavy atom. The van der Waals surface area contributed by atoms with Gasteiger partial charge in [-0.3, -0.25) is 4.99 Å². The van der Waals surface area contributed by atoms with E-state index in [1.54, 1.807) is 37.6 Å². The normalized spacial score (nSPS) is 10.8. The van der Waals surface area contributed by atoms with Crippen molar-refractivity contribution in [2.45, 2.75) is 6.61 Å². The van der Waals surface area contributed by atoms with E-state index in [9.17, 15) is 4.79 Å². The summed E-state index contributed by atoms with van der Waals surface area (Å²) in [5.74, 6) is 0.238. The van der Waals surface area contributed by atoms with Crippen LogP contribution in [0.4, 0.5) is 5.69 Å². The van der Waals surface area contributed by atoms with E-state index in [-0.39, 0.29) is 12.2 Å². The Kier molecular flexibility index (Phi) is 6.65. The number of halogens is 1. The van der Waals surface area contributed by atoms with E-state index in [0.717, 1.165) is 20.4 Å². The maximum Gasteiger partial charge on any atom is 0.335 e. The third-order valence-electron chi connectivity index (χ3n) is 3.99. The molecule has 0 bridgehead atoms. The van der Waals surface area contributed by atoms with Gasteiger partial charge in [-0.2, -0.15) is 0 Å². The van der Waals surface area contributed by atoms with Gasteiger partial charge in [-0.25, -0.2) is 4.79 Å². The molecule has 0 amide bonds. The van der Waals surface area contributed by atoms with E-state index in [4.69, 9.17) is 14.6 Å². The highest BCUT2D eigenvalue weighted by molar-refractivity contribution is 14.1. The molecule has 1 N–H and O–H groups in total. The van der Waals surface area contributed by atoms with Gasteiger partial charge in [0.2, 0.25) is 0 Å². The van der Waals surface area contributed by atoms with Crippen LogP contribution in [0.2, 0.25) is 0 Å². The Morgan fingerprint density at radius 1 is 1.07 bits per heavy atom. The first-order chi connectivity index (χ1) is 13.6. The SMILES string of the molecule is COc1cccc(C=Nc2ccc(I)cc2)c1OCc1ccc(C(=O)O)cc1. The van der Waals surface area contributed by atoms with Crippen molar-refractivity contribution in [2.75, 3.05) is 7.11 Å². The fourth-order valence-electron chi connectivity index (χ4n) is 2.52. The van der Waals surface area contributed by atoms with E-state index >= 15 is 0 Å². The highest BCUT2D eigenvalue weighted by atomic mass is 127. The van der Waals surface area contributed by atoms with E-state index in [2.05, 4.69) is 27.6 Å². The number of ether oxygens (including phenoxy) is 2. The summed E-state index contributed by atoms with van der Waals surface area (Å²) in [6, 6.07) is 20.1. The lowest BCUT2D eigenvalue weighted by Gasteiger charge is -2.13. The fraction of sp³-hybridized carbons (Fsp3) is 0.0909. The van der Waals surface area contributed by atoms with Gasteiger partial charge in [-0.1, -0.05) is 18.2 Å². The minimum Gasteiger partial charge on any atom is -0.493 e. The predicted octanol–water partition coefficient (Wildman–Crippen LogP) is 5.33. The van der Waals surface area contributed by atoms with Crippen LogP contribution in [0.1, 0.15) is 21.5 Å². The number of carbonyl (C=O) groups is 1. The first kappa shape index (κ1) is 19.9. The standard InChI is InChI=1S/C22H18INO4/c1-27-20-4-2-3-17(13-24-19-11-9-18(23)10-12-19)21(20)28-14-15-5-7-16(8-6-15)22(25)26/h2-13H,14H2,1H3,(H,25,26). The van der Waals surface area contributed by atoms with Gasteiger partial charge in [0, 0.05) is 15.3 Å². The van der Waals surface area contributed by atoms with Gasteiger partial charge in [0.1, 0.15) is 6.61 Å². The number of aromatic carboxylic acids is 1. The zero-order chi connectivity index (χ0) is 19.9. The van der Waals surface area contributed by atoms with Gasteiger partial charge in [0.05, 0.1) is 18.4 Å². The van der Waals surface area contributed by atoms with Crippen molar-refractivity contribution in [3.63, 3.8) is 0 Å². The molecule has 0 spiro atoms. The molecular weight excluding hydrogens is 469 g/mol. The number of nitrogens with zero attached hydrogens (tertiary/aromatic N) is 1. The molecule has 0 radical (unpaired) electrons. The van der Waals surface area contributed by atoms with Crippen molar-refractivity contribution < 1.29 is 19.4 Å². The van der Waals surface area contributed by atoms with Crippen LogP contribution in [0.15, 0.2) is 71.7 Å². The number of para-hydroxylation sites is 1. The topological polar surface area (TPSA) is 68.1 Å². The van der Waals surface area contributed by atoms with Crippen molar-refractivity contribution in [3.8, 4) is 11.5 Å². The zero-order valence-corrected chi connectivity index (χ0v) is 17.3. The molecule has 0 aliphatic rings. The monoisotopic (exact) mass is 487 g/mol. The third-order valence-corrected chi connectivity index (χ3v) is 4.71. The molecule has 5 nitrogen and oxygen atoms in total. The summed E-state index contributed by atoms with van der Waals surface area (Å²) in [5.41, 5.74) is 2.74. The largest absolute Gasteiger partial charge is 0.493 e. The summed E-state index contributed by atoms with van der Waals surface area (Å²) < 4.78 is 12.6. The van der Waals surface area contributed by atoms with E-state index in [1.807, 2.05) is 42.5 Å². The molecule has 0 aromatic heterocycles. The van der Waals surface area contributed by atoms with Crippen molar-refractivity contribution in [2.24, 2.45) is 4.99 Å². The Labute approximate surface area is 176 Å². The van der Waals surface area contributed by atoms with Gasteiger partial charge in [0.25, 0.3) is 0 Å². The summed E-state index contributed by atoms with van der Waals surface area (Å²) in [4.78, 5) is 15.5. The Hall–Kier alpha value is -2.87. The smallest absolute Gasteiger partial charge is 0.335 e. The molecule has 0 atom stereocenters. The zero-order valence-electron chi connectivity index (χ0n) is 15.1. The van der Waals surface area contributed by atoms with Gasteiger partial charge in [-0.05, 0) is 76.7 Å². The highest BCUT2D eigenvalue weighted by Gasteiger charge is 2.10. The highest BCUT2D eigenvalue weighted by Crippen LogP contribution is 2.31. The summed E-state index contributed by atoms with van der Waals surface area (Å²) in [7, 11) is 1.59. The molecule has 0 saturated carbocycles. The van der Waals surface area contributed by atoms with Crippen LogP contribution in [0.25, 0.3) is 0 Å². The summed E-state index contributed by atoms with van der Waals surface area (Å²) in [6.07, 6.45) is 1.74. The minimum atomic E-state index is -0.953. The number of aliphatic imine (C=N–C) groups is 1. The van der Waals surface area contributed by atoms with Crippen molar-refractivity contribution in [1.82, 2.24) is 0 Å². The van der Waals surface area contributed by atoms with E-state index in [0.29, 0.717) is 11.5 Å². The lowest BCUT2D eigenvalue weighted by molar-refractivity contribution is 0.0697. The predicted molar refractivity (Wildman–Crippen MR) is 117 cm³/mol. The van der Waals surface area contributed by atoms with Gasteiger partial charge in [-0.15, -0.1) is 0 Å². The fourth-order valence-corrected chi connectivity index (χ4v) is 2.88. The summed E-state index contributed by atoms with van der Waals surface area (Å²) in [6.45, 7) is 0.282. The third kappa shape index (κ3) is 5.10. The molecule has 0 saturated heterocycles. The molecule has 0 fully saturated rings. The van der Waals surface area contributed by atoms with Crippen molar-refractivity contribution in [3.05, 3.63) is 87.0 Å². The summed E-state index contributed by atoms with van der Waals surface area (Å²) >= 11 is 2.25. The molecule has 6 heteroatoms. The number of hydrogen-bond acceptors (Lipinski definition) is 4. The quantitative estimate of drug-likeness (QED) is 0.362. The second-order valence-corrected chi connectivity index (χ2v) is 7.15. The molecule has 28 heavy (non-hydrogen) atoms. The molecule has 0 aliphatic heterocycles. The molecule has 0 heterocycles. The van der Waals surface area contributed by atoms with E-state index < -0.39 is 5.97 Å². The summed E-state index contributed by atoms with van der Waals surface area (Å²) in [5, 5.41) is 8.99. The Bertz CT molecular complexity index is 982. The molecule has 0 aliphatic carbocycles. The van der Waals surface area contributed by atoms with Crippen LogP contribution < -0.4 is 9.47 Å². The lowest BCUT2D eigenvalue weighted by Crippen LogP contribution is -2.02. The van der Waals surface area contributed by atoms with Crippen LogP contribution in [0.5, 0.6) is 11.5 Å². The molecule has 3 aromatic rings. The second kappa shape index (κ2) is 9.36. The first-order valence-corrected chi connectivity index (χ1v) is 9.56. The number of carboxylic acid groups (broad SMARTS) is 1. The average molecular weight is 487 g/mol. The molecule has 0 unspecified atom stereocenters. The number of hydrogen-bond donors (Lipinski definition) is 1. The molecule has 3 rings (SSSR count). The maximum atomic E-state index is 11.0. The lowest BCUT2D eigenvalue weighted by atomic mass is 10.1. The van der Waals surface area contributed by atoms with Crippen molar-refractivity contribution in [1.29, 1.82) is 0 Å². The molecular formula is C22H18INO4. The Morgan fingerprint density at radius 2 is 1.79 bits per heavy atom. The first-order valence-electron chi connectivity index (χ1n) is 8.48. The minimum absolute atomic E-state index is 0.242. The van der Waals surface area contributed by atoms with Crippen molar-refractivity contribution >= 4 is 40.5 Å². The van der Waals surface area contributed by atoms with Crippen LogP contribution in [0, 0.1) is 3.57 Å². The van der Waals surface area contributed by atoms with E-state index in [1.165, 1.54) is 0 Å². The number of rotatable bonds is 7. The van der Waals surface area contributed by atoms with Crippen LogP contribution in [0.3, 0.4) is 0 Å². The maximum absolute atomic E-state index is 11.0. The van der Waals surface area contributed by atoms with Gasteiger partial charge < -0.3 is 14.6 Å². The average Bonchev–Trinajstić information content (AvgIpc) is 2.72.